The molecule has 0 aromatic heterocycles. The molecule has 0 unspecified atom stereocenters. The van der Waals surface area contributed by atoms with Gasteiger partial charge in [-0.3, -0.25) is 4.99 Å². The van der Waals surface area contributed by atoms with Crippen LogP contribution in [0.3, 0.4) is 0 Å². The minimum Gasteiger partial charge on any atom is -0.284 e. The van der Waals surface area contributed by atoms with E-state index in [1.807, 2.05) is 36.4 Å². The van der Waals surface area contributed by atoms with E-state index >= 15 is 0 Å². The first kappa shape index (κ1) is 13.8. The average Bonchev–Trinajstić information content (AvgIpc) is 2.53. The fourth-order valence-corrected chi connectivity index (χ4v) is 2.73. The van der Waals surface area contributed by atoms with E-state index in [1.165, 1.54) is 11.1 Å². The van der Waals surface area contributed by atoms with Crippen molar-refractivity contribution in [3.05, 3.63) is 75.3 Å². The summed E-state index contributed by atoms with van der Waals surface area (Å²) in [6.45, 7) is 0.835. The van der Waals surface area contributed by atoms with Crippen LogP contribution in [0.25, 0.3) is 6.08 Å². The monoisotopic (exact) mass is 336 g/mol. The normalized spacial score (nSPS) is 13.6. The molecule has 21 heavy (non-hydrogen) atoms. The van der Waals surface area contributed by atoms with E-state index in [0.717, 1.165) is 28.7 Å². The third kappa shape index (κ3) is 3.12. The molecule has 102 valence electrons. The highest BCUT2D eigenvalue weighted by molar-refractivity contribution is 9.10. The summed E-state index contributed by atoms with van der Waals surface area (Å²) in [6, 6.07) is 16.0. The second-order valence-electron chi connectivity index (χ2n) is 4.89. The van der Waals surface area contributed by atoms with Gasteiger partial charge in [-0.25, -0.2) is 0 Å². The van der Waals surface area contributed by atoms with Crippen LogP contribution < -0.4 is 0 Å². The number of hydrogen-bond acceptors (Lipinski definition) is 2. The van der Waals surface area contributed by atoms with Gasteiger partial charge in [0.1, 0.15) is 0 Å². The second kappa shape index (κ2) is 6.07. The van der Waals surface area contributed by atoms with Crippen LogP contribution in [-0.4, -0.2) is 12.3 Å². The van der Waals surface area contributed by atoms with E-state index in [-0.39, 0.29) is 0 Å². The number of rotatable bonds is 2. The molecule has 0 saturated heterocycles. The Labute approximate surface area is 132 Å². The quantitative estimate of drug-likeness (QED) is 0.801. The first-order valence-electron chi connectivity index (χ1n) is 6.78. The Kier molecular flexibility index (Phi) is 3.98. The predicted octanol–water partition coefficient (Wildman–Crippen LogP) is 4.38. The van der Waals surface area contributed by atoms with Gasteiger partial charge in [-0.2, -0.15) is 5.26 Å². The van der Waals surface area contributed by atoms with Crippen LogP contribution in [0.15, 0.2) is 58.0 Å². The molecule has 0 aliphatic carbocycles. The van der Waals surface area contributed by atoms with Crippen molar-refractivity contribution in [1.29, 1.82) is 5.26 Å². The maximum Gasteiger partial charge on any atom is 0.0991 e. The largest absolute Gasteiger partial charge is 0.284 e. The van der Waals surface area contributed by atoms with Crippen LogP contribution in [-0.2, 0) is 6.42 Å². The van der Waals surface area contributed by atoms with Gasteiger partial charge < -0.3 is 0 Å². The molecule has 1 aliphatic heterocycles. The number of nitriles is 1. The SMILES string of the molecule is N#Cc1ccc(/C=C/C2=NCCc3ccc(Br)cc32)cc1. The zero-order valence-electron chi connectivity index (χ0n) is 11.4. The summed E-state index contributed by atoms with van der Waals surface area (Å²) in [7, 11) is 0. The summed E-state index contributed by atoms with van der Waals surface area (Å²) >= 11 is 3.52. The Morgan fingerprint density at radius 2 is 1.90 bits per heavy atom. The summed E-state index contributed by atoms with van der Waals surface area (Å²) in [4.78, 5) is 4.62. The Morgan fingerprint density at radius 1 is 1.10 bits per heavy atom. The number of halogens is 1. The van der Waals surface area contributed by atoms with Crippen molar-refractivity contribution in [3.8, 4) is 6.07 Å². The fourth-order valence-electron chi connectivity index (χ4n) is 2.37. The van der Waals surface area contributed by atoms with Gasteiger partial charge in [0, 0.05) is 16.6 Å². The molecule has 2 nitrogen and oxygen atoms in total. The number of fused-ring (bicyclic) bond motifs is 1. The van der Waals surface area contributed by atoms with E-state index in [4.69, 9.17) is 5.26 Å². The first-order valence-corrected chi connectivity index (χ1v) is 7.57. The van der Waals surface area contributed by atoms with Crippen molar-refractivity contribution in [2.75, 3.05) is 6.54 Å². The molecule has 0 N–H and O–H groups in total. The Balaban J connectivity index is 1.88. The molecule has 1 aliphatic rings. The third-order valence-corrected chi connectivity index (χ3v) is 3.98. The molecular formula is C18H13BrN2. The molecule has 3 heteroatoms. The fraction of sp³-hybridized carbons (Fsp3) is 0.111. The lowest BCUT2D eigenvalue weighted by atomic mass is 9.97. The number of aliphatic imine (C=N–C) groups is 1. The molecule has 0 amide bonds. The maximum absolute atomic E-state index is 8.81. The van der Waals surface area contributed by atoms with Gasteiger partial charge in [-0.05, 0) is 47.9 Å². The van der Waals surface area contributed by atoms with Gasteiger partial charge in [0.25, 0.3) is 0 Å². The minimum absolute atomic E-state index is 0.677. The standard InChI is InChI=1S/C18H13BrN2/c19-16-7-6-15-9-10-21-18(17(15)11-16)8-5-13-1-3-14(12-20)4-2-13/h1-8,11H,9-10H2/b8-5+. The van der Waals surface area contributed by atoms with Crippen LogP contribution in [0.1, 0.15) is 22.3 Å². The van der Waals surface area contributed by atoms with Gasteiger partial charge in [0.15, 0.2) is 0 Å². The van der Waals surface area contributed by atoms with E-state index in [0.29, 0.717) is 5.56 Å². The molecule has 3 rings (SSSR count). The number of hydrogen-bond donors (Lipinski definition) is 0. The van der Waals surface area contributed by atoms with Crippen molar-refractivity contribution in [3.63, 3.8) is 0 Å². The van der Waals surface area contributed by atoms with Crippen LogP contribution in [0.2, 0.25) is 0 Å². The van der Waals surface area contributed by atoms with Crippen molar-refractivity contribution in [2.45, 2.75) is 6.42 Å². The van der Waals surface area contributed by atoms with Crippen LogP contribution in [0.5, 0.6) is 0 Å². The maximum atomic E-state index is 8.81. The Bertz CT molecular complexity index is 765. The third-order valence-electron chi connectivity index (χ3n) is 3.48. The molecule has 1 heterocycles. The lowest BCUT2D eigenvalue weighted by Crippen LogP contribution is -2.10. The summed E-state index contributed by atoms with van der Waals surface area (Å²) in [5.74, 6) is 0. The highest BCUT2D eigenvalue weighted by atomic mass is 79.9. The molecule has 0 saturated carbocycles. The molecule has 0 fully saturated rings. The molecule has 0 atom stereocenters. The van der Waals surface area contributed by atoms with Crippen LogP contribution in [0, 0.1) is 11.3 Å². The Hall–Kier alpha value is -2.18. The van der Waals surface area contributed by atoms with Gasteiger partial charge in [-0.15, -0.1) is 0 Å². The van der Waals surface area contributed by atoms with Crippen LogP contribution >= 0.6 is 15.9 Å². The summed E-state index contributed by atoms with van der Waals surface area (Å²) in [5.41, 5.74) is 5.30. The minimum atomic E-state index is 0.677. The van der Waals surface area contributed by atoms with Crippen LogP contribution in [0.4, 0.5) is 0 Å². The predicted molar refractivity (Wildman–Crippen MR) is 89.4 cm³/mol. The van der Waals surface area contributed by atoms with E-state index in [1.54, 1.807) is 0 Å². The summed E-state index contributed by atoms with van der Waals surface area (Å²) in [6.07, 6.45) is 5.08. The number of nitrogens with zero attached hydrogens (tertiary/aromatic N) is 2. The van der Waals surface area contributed by atoms with E-state index in [9.17, 15) is 0 Å². The van der Waals surface area contributed by atoms with Crippen molar-refractivity contribution in [1.82, 2.24) is 0 Å². The molecular weight excluding hydrogens is 324 g/mol. The van der Waals surface area contributed by atoms with E-state index < -0.39 is 0 Å². The number of benzene rings is 2. The molecule has 0 radical (unpaired) electrons. The average molecular weight is 337 g/mol. The zero-order chi connectivity index (χ0) is 14.7. The lowest BCUT2D eigenvalue weighted by Gasteiger charge is -2.14. The smallest absolute Gasteiger partial charge is 0.0991 e. The van der Waals surface area contributed by atoms with Crippen molar-refractivity contribution < 1.29 is 0 Å². The second-order valence-corrected chi connectivity index (χ2v) is 5.80. The van der Waals surface area contributed by atoms with E-state index in [2.05, 4.69) is 45.2 Å². The molecule has 0 spiro atoms. The summed E-state index contributed by atoms with van der Waals surface area (Å²) < 4.78 is 1.07. The highest BCUT2D eigenvalue weighted by Crippen LogP contribution is 2.22. The summed E-state index contributed by atoms with van der Waals surface area (Å²) in [5, 5.41) is 8.81. The zero-order valence-corrected chi connectivity index (χ0v) is 13.0. The topological polar surface area (TPSA) is 36.1 Å². The molecule has 0 bridgehead atoms. The van der Waals surface area contributed by atoms with Gasteiger partial charge in [0.2, 0.25) is 0 Å². The van der Waals surface area contributed by atoms with Crippen molar-refractivity contribution in [2.24, 2.45) is 4.99 Å². The lowest BCUT2D eigenvalue weighted by molar-refractivity contribution is 0.945. The Morgan fingerprint density at radius 3 is 2.67 bits per heavy atom. The molecule has 2 aromatic carbocycles. The van der Waals surface area contributed by atoms with Gasteiger partial charge in [0.05, 0.1) is 17.3 Å². The first-order chi connectivity index (χ1) is 10.3. The van der Waals surface area contributed by atoms with Gasteiger partial charge >= 0.3 is 0 Å². The van der Waals surface area contributed by atoms with Crippen molar-refractivity contribution >= 4 is 27.7 Å². The van der Waals surface area contributed by atoms with Gasteiger partial charge in [-0.1, -0.05) is 40.2 Å². The highest BCUT2D eigenvalue weighted by Gasteiger charge is 2.11. The number of allylic oxidation sites excluding steroid dienone is 1. The molecule has 2 aromatic rings.